The van der Waals surface area contributed by atoms with Crippen LogP contribution in [0, 0.1) is 5.82 Å². The van der Waals surface area contributed by atoms with E-state index in [-0.39, 0.29) is 11.9 Å². The second-order valence-corrected chi connectivity index (χ2v) is 4.64. The molecule has 1 atom stereocenters. The van der Waals surface area contributed by atoms with E-state index >= 15 is 0 Å². The minimum Gasteiger partial charge on any atom is -0.488 e. The van der Waals surface area contributed by atoms with Gasteiger partial charge in [-0.1, -0.05) is 11.6 Å². The molecule has 1 aromatic rings. The molecule has 1 unspecified atom stereocenters. The topological polar surface area (TPSA) is 21.3 Å². The summed E-state index contributed by atoms with van der Waals surface area (Å²) in [4.78, 5) is 0. The van der Waals surface area contributed by atoms with Crippen LogP contribution in [0.2, 0.25) is 0 Å². The third-order valence-electron chi connectivity index (χ3n) is 2.79. The van der Waals surface area contributed by atoms with Gasteiger partial charge in [0.2, 0.25) is 0 Å². The van der Waals surface area contributed by atoms with E-state index in [0.29, 0.717) is 0 Å². The third-order valence-corrected chi connectivity index (χ3v) is 2.79. The molecule has 0 spiro atoms. The van der Waals surface area contributed by atoms with Crippen molar-refractivity contribution >= 4 is 0 Å². The first-order valence-corrected chi connectivity index (χ1v) is 5.94. The van der Waals surface area contributed by atoms with Crippen LogP contribution in [-0.4, -0.2) is 19.2 Å². The molecule has 2 rings (SSSR count). The highest BCUT2D eigenvalue weighted by Crippen LogP contribution is 2.28. The van der Waals surface area contributed by atoms with Crippen LogP contribution >= 0.6 is 0 Å². The molecule has 0 amide bonds. The number of allylic oxidation sites excluding steroid dienone is 1. The maximum atomic E-state index is 13.0. The monoisotopic (exact) mass is 235 g/mol. The summed E-state index contributed by atoms with van der Waals surface area (Å²) in [7, 11) is 0. The van der Waals surface area contributed by atoms with Crippen LogP contribution in [0.25, 0.3) is 0 Å². The van der Waals surface area contributed by atoms with Gasteiger partial charge in [-0.3, -0.25) is 0 Å². The van der Waals surface area contributed by atoms with E-state index in [1.54, 1.807) is 12.1 Å². The van der Waals surface area contributed by atoms with Gasteiger partial charge >= 0.3 is 0 Å². The number of rotatable bonds is 4. The lowest BCUT2D eigenvalue weighted by molar-refractivity contribution is 0.229. The largest absolute Gasteiger partial charge is 0.488 e. The van der Waals surface area contributed by atoms with E-state index in [0.717, 1.165) is 30.8 Å². The fraction of sp³-hybridized carbons (Fsp3) is 0.429. The summed E-state index contributed by atoms with van der Waals surface area (Å²) in [6.07, 6.45) is 3.05. The Kier molecular flexibility index (Phi) is 3.79. The molecule has 0 radical (unpaired) electrons. The van der Waals surface area contributed by atoms with Crippen molar-refractivity contribution in [2.75, 3.05) is 13.1 Å². The van der Waals surface area contributed by atoms with Crippen molar-refractivity contribution in [2.45, 2.75) is 26.4 Å². The third kappa shape index (κ3) is 3.30. The summed E-state index contributed by atoms with van der Waals surface area (Å²) < 4.78 is 18.7. The highest BCUT2D eigenvalue weighted by atomic mass is 19.1. The van der Waals surface area contributed by atoms with Crippen molar-refractivity contribution in [1.29, 1.82) is 0 Å². The molecular formula is C14H18FNO. The minimum absolute atomic E-state index is 0.123. The molecule has 17 heavy (non-hydrogen) atoms. The normalized spacial score (nSPS) is 17.5. The van der Waals surface area contributed by atoms with Gasteiger partial charge in [-0.15, -0.1) is 0 Å². The molecule has 1 N–H and O–H groups in total. The van der Waals surface area contributed by atoms with Gasteiger partial charge in [-0.2, -0.15) is 0 Å². The van der Waals surface area contributed by atoms with Crippen LogP contribution in [0.15, 0.2) is 29.8 Å². The smallest absolute Gasteiger partial charge is 0.123 e. The predicted octanol–water partition coefficient (Wildman–Crippen LogP) is 2.69. The highest BCUT2D eigenvalue weighted by Gasteiger charge is 2.22. The van der Waals surface area contributed by atoms with Crippen LogP contribution in [-0.2, 0) is 6.42 Å². The fourth-order valence-electron chi connectivity index (χ4n) is 1.92. The van der Waals surface area contributed by atoms with Gasteiger partial charge in [0.05, 0.1) is 0 Å². The maximum absolute atomic E-state index is 13.0. The zero-order valence-corrected chi connectivity index (χ0v) is 10.3. The van der Waals surface area contributed by atoms with Gasteiger partial charge < -0.3 is 10.1 Å². The predicted molar refractivity (Wildman–Crippen MR) is 66.8 cm³/mol. The van der Waals surface area contributed by atoms with Crippen LogP contribution < -0.4 is 10.1 Å². The zero-order chi connectivity index (χ0) is 12.3. The molecule has 92 valence electrons. The molecule has 1 heterocycles. The van der Waals surface area contributed by atoms with Crippen molar-refractivity contribution in [3.05, 3.63) is 41.2 Å². The molecular weight excluding hydrogens is 217 g/mol. The highest BCUT2D eigenvalue weighted by molar-refractivity contribution is 5.37. The Morgan fingerprint density at radius 1 is 1.53 bits per heavy atom. The number of fused-ring (bicyclic) bond motifs is 1. The van der Waals surface area contributed by atoms with E-state index < -0.39 is 0 Å². The SMILES string of the molecule is CC(C)=CCNCC1Cc2cc(F)ccc2O1. The Balaban J connectivity index is 1.82. The van der Waals surface area contributed by atoms with Crippen LogP contribution in [0.1, 0.15) is 19.4 Å². The molecule has 1 aromatic carbocycles. The average molecular weight is 235 g/mol. The van der Waals surface area contributed by atoms with Crippen molar-refractivity contribution in [2.24, 2.45) is 0 Å². The average Bonchev–Trinajstić information content (AvgIpc) is 2.66. The van der Waals surface area contributed by atoms with Crippen molar-refractivity contribution in [1.82, 2.24) is 5.32 Å². The molecule has 0 fully saturated rings. The summed E-state index contributed by atoms with van der Waals surface area (Å²) in [6, 6.07) is 4.71. The summed E-state index contributed by atoms with van der Waals surface area (Å²) in [5.41, 5.74) is 2.27. The molecule has 0 bridgehead atoms. The van der Waals surface area contributed by atoms with Gasteiger partial charge in [0.15, 0.2) is 0 Å². The number of hydrogen-bond acceptors (Lipinski definition) is 2. The number of ether oxygens (including phenoxy) is 1. The second kappa shape index (κ2) is 5.32. The lowest BCUT2D eigenvalue weighted by Crippen LogP contribution is -2.30. The van der Waals surface area contributed by atoms with Gasteiger partial charge in [-0.25, -0.2) is 4.39 Å². The Bertz CT molecular complexity index is 424. The second-order valence-electron chi connectivity index (χ2n) is 4.64. The van der Waals surface area contributed by atoms with Crippen molar-refractivity contribution in [3.8, 4) is 5.75 Å². The lowest BCUT2D eigenvalue weighted by Gasteiger charge is -2.10. The maximum Gasteiger partial charge on any atom is 0.123 e. The molecule has 1 aliphatic rings. The Hall–Kier alpha value is -1.35. The molecule has 0 saturated heterocycles. The van der Waals surface area contributed by atoms with Gasteiger partial charge in [0.1, 0.15) is 17.7 Å². The lowest BCUT2D eigenvalue weighted by atomic mass is 10.1. The number of hydrogen-bond donors (Lipinski definition) is 1. The standard InChI is InChI=1S/C14H18FNO/c1-10(2)5-6-16-9-13-8-11-7-12(15)3-4-14(11)17-13/h3-5,7,13,16H,6,8-9H2,1-2H3. The Morgan fingerprint density at radius 3 is 3.12 bits per heavy atom. The van der Waals surface area contributed by atoms with Crippen LogP contribution in [0.5, 0.6) is 5.75 Å². The number of nitrogens with one attached hydrogen (secondary N) is 1. The van der Waals surface area contributed by atoms with E-state index in [2.05, 4.69) is 25.2 Å². The van der Waals surface area contributed by atoms with E-state index in [4.69, 9.17) is 4.74 Å². The molecule has 2 nitrogen and oxygen atoms in total. The zero-order valence-electron chi connectivity index (χ0n) is 10.3. The van der Waals surface area contributed by atoms with Gasteiger partial charge in [0, 0.05) is 25.1 Å². The van der Waals surface area contributed by atoms with E-state index in [9.17, 15) is 4.39 Å². The Labute approximate surface area is 101 Å². The van der Waals surface area contributed by atoms with Crippen LogP contribution in [0.3, 0.4) is 0 Å². The first-order chi connectivity index (χ1) is 8.15. The molecule has 0 aliphatic carbocycles. The van der Waals surface area contributed by atoms with E-state index in [1.165, 1.54) is 11.6 Å². The Morgan fingerprint density at radius 2 is 2.35 bits per heavy atom. The van der Waals surface area contributed by atoms with E-state index in [1.807, 2.05) is 0 Å². The molecule has 0 saturated carbocycles. The van der Waals surface area contributed by atoms with Crippen molar-refractivity contribution in [3.63, 3.8) is 0 Å². The summed E-state index contributed by atoms with van der Waals surface area (Å²) >= 11 is 0. The number of halogens is 1. The first kappa shape index (κ1) is 12.1. The van der Waals surface area contributed by atoms with Gasteiger partial charge in [-0.05, 0) is 32.0 Å². The minimum atomic E-state index is -0.189. The molecule has 1 aliphatic heterocycles. The first-order valence-electron chi connectivity index (χ1n) is 5.94. The quantitative estimate of drug-likeness (QED) is 0.640. The fourth-order valence-corrected chi connectivity index (χ4v) is 1.92. The van der Waals surface area contributed by atoms with Crippen molar-refractivity contribution < 1.29 is 9.13 Å². The summed E-state index contributed by atoms with van der Waals surface area (Å²) in [6.45, 7) is 5.80. The number of benzene rings is 1. The van der Waals surface area contributed by atoms with Crippen LogP contribution in [0.4, 0.5) is 4.39 Å². The summed E-state index contributed by atoms with van der Waals surface area (Å²) in [5.74, 6) is 0.630. The van der Waals surface area contributed by atoms with Gasteiger partial charge in [0.25, 0.3) is 0 Å². The summed E-state index contributed by atoms with van der Waals surface area (Å²) in [5, 5.41) is 3.31. The molecule has 3 heteroatoms. The molecule has 0 aromatic heterocycles.